The summed E-state index contributed by atoms with van der Waals surface area (Å²) < 4.78 is 0. The normalized spacial score (nSPS) is 18.8. The summed E-state index contributed by atoms with van der Waals surface area (Å²) in [4.78, 5) is 23.6. The van der Waals surface area contributed by atoms with Gasteiger partial charge in [0.15, 0.2) is 0 Å². The van der Waals surface area contributed by atoms with Crippen molar-refractivity contribution in [3.63, 3.8) is 0 Å². The Morgan fingerprint density at radius 1 is 0.967 bits per heavy atom. The fraction of sp³-hybridized carbons (Fsp3) is 0.440. The minimum atomic E-state index is 0.161. The highest BCUT2D eigenvalue weighted by Crippen LogP contribution is 2.34. The second kappa shape index (κ2) is 8.48. The highest BCUT2D eigenvalue weighted by Gasteiger charge is 2.29. The van der Waals surface area contributed by atoms with E-state index in [1.165, 1.54) is 43.1 Å². The predicted octanol–water partition coefficient (Wildman–Crippen LogP) is 5.36. The Morgan fingerprint density at radius 2 is 1.70 bits per heavy atom. The number of hydrogen-bond acceptors (Lipinski definition) is 4. The van der Waals surface area contributed by atoms with Crippen LogP contribution in [0, 0.1) is 6.92 Å². The van der Waals surface area contributed by atoms with Gasteiger partial charge < -0.3 is 9.80 Å². The fourth-order valence-corrected chi connectivity index (χ4v) is 6.06. The van der Waals surface area contributed by atoms with Crippen LogP contribution < -0.4 is 0 Å². The van der Waals surface area contributed by atoms with Crippen LogP contribution in [0.3, 0.4) is 0 Å². The molecule has 0 spiro atoms. The van der Waals surface area contributed by atoms with Crippen LogP contribution in [0.15, 0.2) is 42.5 Å². The predicted molar refractivity (Wildman–Crippen MR) is 124 cm³/mol. The third-order valence-electron chi connectivity index (χ3n) is 6.67. The Morgan fingerprint density at radius 3 is 2.50 bits per heavy atom. The molecule has 4 nitrogen and oxygen atoms in total. The van der Waals surface area contributed by atoms with Crippen molar-refractivity contribution in [1.29, 1.82) is 0 Å². The van der Waals surface area contributed by atoms with Gasteiger partial charge in [-0.1, -0.05) is 48.9 Å². The first kappa shape index (κ1) is 19.7. The van der Waals surface area contributed by atoms with Crippen LogP contribution in [0.1, 0.15) is 47.5 Å². The fourth-order valence-electron chi connectivity index (χ4n) is 4.98. The maximum absolute atomic E-state index is 13.3. The highest BCUT2D eigenvalue weighted by atomic mass is 32.1. The number of carbonyl (C=O) groups excluding carboxylic acids is 1. The summed E-state index contributed by atoms with van der Waals surface area (Å²) in [6.45, 7) is 6.17. The molecule has 0 N–H and O–H groups in total. The van der Waals surface area contributed by atoms with Crippen LogP contribution in [0.5, 0.6) is 0 Å². The van der Waals surface area contributed by atoms with Crippen molar-refractivity contribution in [2.24, 2.45) is 0 Å². The van der Waals surface area contributed by atoms with Gasteiger partial charge in [-0.05, 0) is 56.5 Å². The summed E-state index contributed by atoms with van der Waals surface area (Å²) in [5.41, 5.74) is 1.97. The molecule has 156 valence electrons. The Bertz CT molecular complexity index is 1040. The maximum Gasteiger partial charge on any atom is 0.265 e. The van der Waals surface area contributed by atoms with Crippen LogP contribution >= 0.6 is 11.3 Å². The third kappa shape index (κ3) is 3.77. The molecule has 3 heterocycles. The number of aryl methyl sites for hydroxylation is 1. The average molecular weight is 420 g/mol. The summed E-state index contributed by atoms with van der Waals surface area (Å²) in [5.74, 6) is 0.161. The topological polar surface area (TPSA) is 36.4 Å². The van der Waals surface area contributed by atoms with E-state index in [-0.39, 0.29) is 5.91 Å². The minimum absolute atomic E-state index is 0.161. The van der Waals surface area contributed by atoms with Gasteiger partial charge in [-0.15, -0.1) is 11.3 Å². The molecule has 0 bridgehead atoms. The largest absolute Gasteiger partial charge is 0.338 e. The molecule has 2 aromatic carbocycles. The van der Waals surface area contributed by atoms with Crippen LogP contribution in [-0.2, 0) is 0 Å². The number of hydrogen-bond donors (Lipinski definition) is 0. The standard InChI is InChI=1S/C25H29N3OS/c1-18-23(25(29)28-16-12-20(13-17-28)27-14-5-2-6-15-27)30-24(26-18)22-11-7-9-19-8-3-4-10-21(19)22/h3-4,7-11,20H,2,5-6,12-17H2,1H3. The Labute approximate surface area is 182 Å². The third-order valence-corrected chi connectivity index (χ3v) is 7.85. The van der Waals surface area contributed by atoms with Crippen molar-refractivity contribution in [1.82, 2.24) is 14.8 Å². The minimum Gasteiger partial charge on any atom is -0.338 e. The lowest BCUT2D eigenvalue weighted by atomic mass is 10.00. The monoisotopic (exact) mass is 419 g/mol. The lowest BCUT2D eigenvalue weighted by Crippen LogP contribution is -2.48. The Kier molecular flexibility index (Phi) is 5.57. The number of nitrogens with zero attached hydrogens (tertiary/aromatic N) is 3. The molecule has 0 unspecified atom stereocenters. The van der Waals surface area contributed by atoms with E-state index in [9.17, 15) is 4.79 Å². The van der Waals surface area contributed by atoms with E-state index >= 15 is 0 Å². The van der Waals surface area contributed by atoms with Gasteiger partial charge in [-0.3, -0.25) is 4.79 Å². The molecule has 3 aromatic rings. The van der Waals surface area contributed by atoms with Gasteiger partial charge in [-0.2, -0.15) is 0 Å². The lowest BCUT2D eigenvalue weighted by molar-refractivity contribution is 0.0593. The number of thiazole rings is 1. The van der Waals surface area contributed by atoms with E-state index in [1.807, 2.05) is 11.8 Å². The van der Waals surface area contributed by atoms with Crippen molar-refractivity contribution in [2.45, 2.75) is 45.1 Å². The van der Waals surface area contributed by atoms with Crippen LogP contribution in [-0.4, -0.2) is 52.9 Å². The summed E-state index contributed by atoms with van der Waals surface area (Å²) in [6.07, 6.45) is 6.23. The molecule has 0 aliphatic carbocycles. The smallest absolute Gasteiger partial charge is 0.265 e. The summed E-state index contributed by atoms with van der Waals surface area (Å²) in [7, 11) is 0. The number of carbonyl (C=O) groups is 1. The number of likely N-dealkylation sites (tertiary alicyclic amines) is 2. The number of amides is 1. The van der Waals surface area contributed by atoms with Crippen LogP contribution in [0.25, 0.3) is 21.3 Å². The first-order chi connectivity index (χ1) is 14.7. The molecule has 2 aliphatic rings. The van der Waals surface area contributed by atoms with Crippen molar-refractivity contribution >= 4 is 28.0 Å². The summed E-state index contributed by atoms with van der Waals surface area (Å²) in [6, 6.07) is 15.3. The lowest BCUT2D eigenvalue weighted by Gasteiger charge is -2.40. The number of aromatic nitrogens is 1. The second-order valence-corrected chi connectivity index (χ2v) is 9.58. The SMILES string of the molecule is Cc1nc(-c2cccc3ccccc23)sc1C(=O)N1CCC(N2CCCCC2)CC1. The molecule has 1 amide bonds. The van der Waals surface area contributed by atoms with E-state index in [0.717, 1.165) is 47.1 Å². The van der Waals surface area contributed by atoms with Crippen LogP contribution in [0.4, 0.5) is 0 Å². The molecule has 2 fully saturated rings. The van der Waals surface area contributed by atoms with Gasteiger partial charge in [0.05, 0.1) is 5.69 Å². The zero-order valence-corrected chi connectivity index (χ0v) is 18.5. The van der Waals surface area contributed by atoms with Gasteiger partial charge in [0.25, 0.3) is 5.91 Å². The number of piperidine rings is 2. The highest BCUT2D eigenvalue weighted by molar-refractivity contribution is 7.17. The Balaban J connectivity index is 1.33. The van der Waals surface area contributed by atoms with Crippen molar-refractivity contribution in [3.05, 3.63) is 53.0 Å². The molecule has 2 saturated heterocycles. The van der Waals surface area contributed by atoms with E-state index in [4.69, 9.17) is 4.98 Å². The molecular weight excluding hydrogens is 390 g/mol. The molecule has 5 rings (SSSR count). The van der Waals surface area contributed by atoms with Crippen molar-refractivity contribution < 1.29 is 4.79 Å². The van der Waals surface area contributed by atoms with Gasteiger partial charge in [0, 0.05) is 24.7 Å². The van der Waals surface area contributed by atoms with Gasteiger partial charge in [0.1, 0.15) is 9.88 Å². The second-order valence-electron chi connectivity index (χ2n) is 8.58. The van der Waals surface area contributed by atoms with Crippen molar-refractivity contribution in [2.75, 3.05) is 26.2 Å². The molecule has 2 aliphatic heterocycles. The van der Waals surface area contributed by atoms with Gasteiger partial charge >= 0.3 is 0 Å². The van der Waals surface area contributed by atoms with E-state index in [1.54, 1.807) is 11.3 Å². The van der Waals surface area contributed by atoms with E-state index < -0.39 is 0 Å². The summed E-state index contributed by atoms with van der Waals surface area (Å²) in [5, 5.41) is 3.33. The van der Waals surface area contributed by atoms with Gasteiger partial charge in [-0.25, -0.2) is 4.98 Å². The first-order valence-electron chi connectivity index (χ1n) is 11.2. The zero-order valence-electron chi connectivity index (χ0n) is 17.6. The Hall–Kier alpha value is -2.24. The molecule has 0 saturated carbocycles. The van der Waals surface area contributed by atoms with Crippen LogP contribution in [0.2, 0.25) is 0 Å². The quantitative estimate of drug-likeness (QED) is 0.573. The number of fused-ring (bicyclic) bond motifs is 1. The molecular formula is C25H29N3OS. The number of rotatable bonds is 3. The average Bonchev–Trinajstić information content (AvgIpc) is 3.20. The zero-order chi connectivity index (χ0) is 20.5. The number of benzene rings is 2. The van der Waals surface area contributed by atoms with Gasteiger partial charge in [0.2, 0.25) is 0 Å². The van der Waals surface area contributed by atoms with E-state index in [2.05, 4.69) is 47.4 Å². The first-order valence-corrected chi connectivity index (χ1v) is 12.0. The molecule has 0 radical (unpaired) electrons. The molecule has 30 heavy (non-hydrogen) atoms. The maximum atomic E-state index is 13.3. The van der Waals surface area contributed by atoms with E-state index in [0.29, 0.717) is 6.04 Å². The van der Waals surface area contributed by atoms with Crippen molar-refractivity contribution in [3.8, 4) is 10.6 Å². The molecule has 5 heteroatoms. The molecule has 1 aromatic heterocycles. The summed E-state index contributed by atoms with van der Waals surface area (Å²) >= 11 is 1.55. The molecule has 0 atom stereocenters.